The van der Waals surface area contributed by atoms with Gasteiger partial charge >= 0.3 is 5.97 Å². The number of carbonyl (C=O) groups is 1. The highest BCUT2D eigenvalue weighted by Crippen LogP contribution is 2.23. The van der Waals surface area contributed by atoms with Crippen molar-refractivity contribution in [3.63, 3.8) is 0 Å². The summed E-state index contributed by atoms with van der Waals surface area (Å²) >= 11 is 0. The Morgan fingerprint density at radius 1 is 1.09 bits per heavy atom. The lowest BCUT2D eigenvalue weighted by atomic mass is 10.1. The van der Waals surface area contributed by atoms with Gasteiger partial charge in [0, 0.05) is 30.2 Å². The molecule has 1 aromatic heterocycles. The zero-order chi connectivity index (χ0) is 24.0. The van der Waals surface area contributed by atoms with Crippen molar-refractivity contribution in [2.75, 3.05) is 13.7 Å². The number of carbonyl (C=O) groups excluding carboxylic acids is 1. The molecule has 0 aliphatic carbocycles. The second kappa shape index (κ2) is 10.5. The van der Waals surface area contributed by atoms with E-state index in [9.17, 15) is 13.2 Å². The molecule has 0 saturated carbocycles. The molecule has 0 radical (unpaired) electrons. The third kappa shape index (κ3) is 5.63. The number of rotatable bonds is 10. The molecule has 1 aliphatic heterocycles. The van der Waals surface area contributed by atoms with Gasteiger partial charge in [0.05, 0.1) is 12.0 Å². The Kier molecular flexibility index (Phi) is 7.27. The Balaban J connectivity index is 1.15. The predicted octanol–water partition coefficient (Wildman–Crippen LogP) is 3.69. The first kappa shape index (κ1) is 23.5. The van der Waals surface area contributed by atoms with Crippen LogP contribution in [0.5, 0.6) is 5.75 Å². The third-order valence-corrected chi connectivity index (χ3v) is 6.69. The van der Waals surface area contributed by atoms with Crippen LogP contribution >= 0.6 is 0 Å². The summed E-state index contributed by atoms with van der Waals surface area (Å²) < 4.78 is 42.3. The number of nitrogens with zero attached hydrogens (tertiary/aromatic N) is 2. The van der Waals surface area contributed by atoms with Gasteiger partial charge in [-0.05, 0) is 49.2 Å². The number of benzene rings is 2. The molecule has 178 valence electrons. The quantitative estimate of drug-likeness (QED) is 0.345. The standard InChI is InChI=1S/C24H25N3O6S/c1-31-18-12-10-17(11-13-18)21-15-19(33-26-21)16-32-23(28)9-3-2-6-14-25-24-20-7-4-5-8-22(20)34(29,30)27-24/h4-5,7-8,10-13,15H,2-3,6,9,14,16H2,1H3,(H,25,27). The number of hydrogen-bond donors (Lipinski definition) is 1. The van der Waals surface area contributed by atoms with Gasteiger partial charge in [0.15, 0.2) is 12.4 Å². The van der Waals surface area contributed by atoms with E-state index in [-0.39, 0.29) is 23.9 Å². The van der Waals surface area contributed by atoms with Gasteiger partial charge in [0.1, 0.15) is 17.3 Å². The summed E-state index contributed by atoms with van der Waals surface area (Å²) in [6.07, 6.45) is 2.43. The van der Waals surface area contributed by atoms with E-state index in [0.29, 0.717) is 35.8 Å². The molecular formula is C24H25N3O6S. The molecule has 4 rings (SSSR count). The first-order valence-corrected chi connectivity index (χ1v) is 12.4. The molecule has 3 aromatic rings. The van der Waals surface area contributed by atoms with Crippen molar-refractivity contribution in [3.8, 4) is 17.0 Å². The van der Waals surface area contributed by atoms with Gasteiger partial charge in [-0.3, -0.25) is 14.5 Å². The third-order valence-electron chi connectivity index (χ3n) is 5.29. The first-order chi connectivity index (χ1) is 16.5. The van der Waals surface area contributed by atoms with Gasteiger partial charge in [0.25, 0.3) is 10.0 Å². The maximum absolute atomic E-state index is 12.1. The lowest BCUT2D eigenvalue weighted by Gasteiger charge is -2.03. The molecule has 2 heterocycles. The summed E-state index contributed by atoms with van der Waals surface area (Å²) in [6, 6.07) is 15.9. The van der Waals surface area contributed by atoms with Crippen molar-refractivity contribution in [1.29, 1.82) is 0 Å². The number of amidine groups is 1. The van der Waals surface area contributed by atoms with Crippen LogP contribution in [0.4, 0.5) is 0 Å². The Hall–Kier alpha value is -3.66. The van der Waals surface area contributed by atoms with Gasteiger partial charge in [-0.1, -0.05) is 23.7 Å². The second-order valence-corrected chi connectivity index (χ2v) is 9.36. The van der Waals surface area contributed by atoms with Crippen LogP contribution in [-0.4, -0.2) is 39.0 Å². The van der Waals surface area contributed by atoms with Crippen LogP contribution < -0.4 is 9.46 Å². The number of esters is 1. The van der Waals surface area contributed by atoms with Crippen molar-refractivity contribution in [1.82, 2.24) is 9.88 Å². The highest BCUT2D eigenvalue weighted by molar-refractivity contribution is 7.90. The van der Waals surface area contributed by atoms with Crippen LogP contribution in [0.2, 0.25) is 0 Å². The van der Waals surface area contributed by atoms with Gasteiger partial charge < -0.3 is 14.0 Å². The van der Waals surface area contributed by atoms with E-state index in [2.05, 4.69) is 14.9 Å². The van der Waals surface area contributed by atoms with Gasteiger partial charge in [-0.15, -0.1) is 0 Å². The Labute approximate surface area is 197 Å². The average molecular weight is 484 g/mol. The molecule has 2 aromatic carbocycles. The zero-order valence-corrected chi connectivity index (χ0v) is 19.5. The van der Waals surface area contributed by atoms with Gasteiger partial charge in [0.2, 0.25) is 0 Å². The normalized spacial score (nSPS) is 15.0. The number of aliphatic imine (C=N–C) groups is 1. The fraction of sp³-hybridized carbons (Fsp3) is 0.292. The molecule has 34 heavy (non-hydrogen) atoms. The Morgan fingerprint density at radius 3 is 2.68 bits per heavy atom. The number of ether oxygens (including phenoxy) is 2. The number of unbranched alkanes of at least 4 members (excludes halogenated alkanes) is 2. The summed E-state index contributed by atoms with van der Waals surface area (Å²) in [6.45, 7) is 0.489. The summed E-state index contributed by atoms with van der Waals surface area (Å²) in [5.74, 6) is 1.28. The van der Waals surface area contributed by atoms with Crippen LogP contribution in [0.3, 0.4) is 0 Å². The van der Waals surface area contributed by atoms with E-state index in [1.807, 2.05) is 24.3 Å². The SMILES string of the molecule is COc1ccc(-c2cc(COC(=O)CCCCCN=C3NS(=O)(=O)c4ccccc43)on2)cc1. The van der Waals surface area contributed by atoms with E-state index in [0.717, 1.165) is 24.2 Å². The minimum Gasteiger partial charge on any atom is -0.497 e. The number of aromatic nitrogens is 1. The second-order valence-electron chi connectivity index (χ2n) is 7.71. The van der Waals surface area contributed by atoms with Crippen LogP contribution in [-0.2, 0) is 26.2 Å². The smallest absolute Gasteiger partial charge is 0.306 e. The van der Waals surface area contributed by atoms with Crippen molar-refractivity contribution in [2.45, 2.75) is 37.2 Å². The first-order valence-electron chi connectivity index (χ1n) is 10.9. The number of fused-ring (bicyclic) bond motifs is 1. The molecule has 1 N–H and O–H groups in total. The molecule has 0 saturated heterocycles. The van der Waals surface area contributed by atoms with E-state index in [4.69, 9.17) is 14.0 Å². The number of sulfonamides is 1. The summed E-state index contributed by atoms with van der Waals surface area (Å²) in [7, 11) is -1.91. The fourth-order valence-corrected chi connectivity index (χ4v) is 4.75. The molecule has 0 fully saturated rings. The molecule has 0 unspecified atom stereocenters. The van der Waals surface area contributed by atoms with Crippen LogP contribution in [0.25, 0.3) is 11.3 Å². The van der Waals surface area contributed by atoms with E-state index >= 15 is 0 Å². The summed E-state index contributed by atoms with van der Waals surface area (Å²) in [5, 5.41) is 4.01. The average Bonchev–Trinajstić information content (AvgIpc) is 3.42. The van der Waals surface area contributed by atoms with Crippen molar-refractivity contribution >= 4 is 21.8 Å². The van der Waals surface area contributed by atoms with E-state index < -0.39 is 10.0 Å². The lowest BCUT2D eigenvalue weighted by molar-refractivity contribution is -0.145. The predicted molar refractivity (Wildman–Crippen MR) is 125 cm³/mol. The summed E-state index contributed by atoms with van der Waals surface area (Å²) in [5.41, 5.74) is 2.12. The molecule has 10 heteroatoms. The lowest BCUT2D eigenvalue weighted by Crippen LogP contribution is -2.22. The van der Waals surface area contributed by atoms with Crippen LogP contribution in [0, 0.1) is 0 Å². The molecule has 9 nitrogen and oxygen atoms in total. The largest absolute Gasteiger partial charge is 0.497 e. The highest BCUT2D eigenvalue weighted by Gasteiger charge is 2.29. The van der Waals surface area contributed by atoms with Crippen molar-refractivity contribution < 1.29 is 27.2 Å². The Morgan fingerprint density at radius 2 is 1.88 bits per heavy atom. The van der Waals surface area contributed by atoms with Crippen LogP contribution in [0.15, 0.2) is 69.0 Å². The molecule has 1 aliphatic rings. The molecule has 0 spiro atoms. The van der Waals surface area contributed by atoms with Gasteiger partial charge in [-0.2, -0.15) is 0 Å². The maximum atomic E-state index is 12.1. The molecule has 0 atom stereocenters. The zero-order valence-electron chi connectivity index (χ0n) is 18.7. The van der Waals surface area contributed by atoms with Crippen molar-refractivity contribution in [3.05, 3.63) is 65.9 Å². The van der Waals surface area contributed by atoms with E-state index in [1.54, 1.807) is 37.4 Å². The molecule has 0 bridgehead atoms. The molecular weight excluding hydrogens is 458 g/mol. The van der Waals surface area contributed by atoms with Crippen LogP contribution in [0.1, 0.15) is 37.0 Å². The van der Waals surface area contributed by atoms with Gasteiger partial charge in [-0.25, -0.2) is 8.42 Å². The highest BCUT2D eigenvalue weighted by atomic mass is 32.2. The minimum absolute atomic E-state index is 0.0230. The topological polar surface area (TPSA) is 120 Å². The fourth-order valence-electron chi connectivity index (χ4n) is 3.50. The maximum Gasteiger partial charge on any atom is 0.306 e. The number of methoxy groups -OCH3 is 1. The number of hydrogen-bond acceptors (Lipinski definition) is 8. The monoisotopic (exact) mass is 483 g/mol. The number of nitrogens with one attached hydrogen (secondary N) is 1. The van der Waals surface area contributed by atoms with Crippen molar-refractivity contribution in [2.24, 2.45) is 4.99 Å². The Bertz CT molecular complexity index is 1280. The summed E-state index contributed by atoms with van der Waals surface area (Å²) in [4.78, 5) is 16.6. The minimum atomic E-state index is -3.52. The van der Waals surface area contributed by atoms with E-state index in [1.165, 1.54) is 0 Å². The molecule has 0 amide bonds.